The Morgan fingerprint density at radius 2 is 0.205 bits per heavy atom. The molecular weight excluding hydrogens is 853 g/mol. The number of thiol groups is 4. The van der Waals surface area contributed by atoms with Gasteiger partial charge >= 0.3 is 798 Å². The van der Waals surface area contributed by atoms with Crippen LogP contribution in [0.4, 0.5) is 0 Å². The molecule has 0 N–H and O–H groups in total. The van der Waals surface area contributed by atoms with Gasteiger partial charge in [-0.15, -0.1) is 0 Å². The van der Waals surface area contributed by atoms with Gasteiger partial charge in [0.05, 0.1) is 0 Å². The van der Waals surface area contributed by atoms with Crippen molar-refractivity contribution in [2.24, 2.45) is 0 Å². The minimum absolute atomic E-state index is 0. The van der Waals surface area contributed by atoms with Gasteiger partial charge in [-0.05, 0) is 0 Å². The number of rotatable bonds is 0. The van der Waals surface area contributed by atoms with Crippen LogP contribution in [0.25, 0.3) is 0 Å². The molecule has 0 radical (unpaired) electrons. The fourth-order valence-corrected chi connectivity index (χ4v) is 0. The largest absolute Gasteiger partial charge is 1.00 e. The van der Waals surface area contributed by atoms with Crippen molar-refractivity contribution in [1.29, 1.82) is 21.0 Å². The number of thiocyanates is 4. The normalized spacial score (nSPS) is 0.821. The van der Waals surface area contributed by atoms with E-state index in [0.29, 0.717) is 0 Å². The van der Waals surface area contributed by atoms with Gasteiger partial charge in [0.25, 0.3) is 0 Å². The molecule has 4 nitrogen and oxygen atoms in total. The molecule has 0 atom stereocenters. The minimum Gasteiger partial charge on any atom is -1.00 e. The molecule has 0 saturated carbocycles. The van der Waals surface area contributed by atoms with E-state index in [2.05, 4.69) is 50.5 Å². The summed E-state index contributed by atoms with van der Waals surface area (Å²) in [6.45, 7) is 0. The molecule has 0 unspecified atom stereocenters. The summed E-state index contributed by atoms with van der Waals surface area (Å²) in [5, 5.41) is 34.5. The maximum absolute atomic E-state index is 7.18. The third kappa shape index (κ3) is 360. The first-order chi connectivity index (χ1) is 5.66. The van der Waals surface area contributed by atoms with Crippen molar-refractivity contribution in [2.45, 2.75) is 0 Å². The van der Waals surface area contributed by atoms with Crippen LogP contribution in [0.2, 0.25) is 0 Å². The van der Waals surface area contributed by atoms with Gasteiger partial charge in [-0.2, -0.15) is 21.0 Å². The van der Waals surface area contributed by atoms with E-state index in [1.165, 1.54) is 21.6 Å². The van der Waals surface area contributed by atoms with Crippen molar-refractivity contribution in [3.05, 3.63) is 0 Å². The molecule has 35 heteroatoms. The molecule has 0 aliphatic carbocycles. The van der Waals surface area contributed by atoms with E-state index in [-0.39, 0.29) is 837 Å². The van der Waals surface area contributed by atoms with Crippen LogP contribution >= 0.6 is 50.5 Å². The van der Waals surface area contributed by atoms with Crippen molar-refractivity contribution in [3.63, 3.8) is 0 Å². The zero-order chi connectivity index (χ0) is 10.8. The van der Waals surface area contributed by atoms with Crippen molar-refractivity contribution in [1.82, 2.24) is 0 Å². The molecule has 0 fully saturated rings. The summed E-state index contributed by atoms with van der Waals surface area (Å²) >= 11 is 12.4. The molecule has 0 aromatic carbocycles. The Morgan fingerprint density at radius 1 is 0.205 bits per heavy atom. The Balaban J connectivity index is -0.000000000181. The Kier molecular flexibility index (Phi) is 1650. The topological polar surface area (TPSA) is 95.2 Å². The van der Waals surface area contributed by atoms with E-state index >= 15 is 0 Å². The number of nitriles is 4. The SMILES string of the molecule is N#CS.N#CS.N#CS.N#CS.[H-].[H-].[H-].[H-].[H-].[H-].[H-].[H-].[H-].[H-].[H-].[H-].[H-].[H-].[H-].[H-].[H-].[H-].[H-].[H-].[H-].[H-].[H-].[H-].[H-].[H-].[H-].[Na+].[Na+].[Na+].[Na+].[Na+].[Na+].[Na+].[Na+].[Na+].[Na+].[Na+].[Na+].[Na+].[Na+].[Na+].[Na+].[Na+].[Na+].[Na+].[Na+].[Na+].[Na+].[Na+].[Na+].[Na+].[Na+].[Na+]. The predicted octanol–water partition coefficient (Wildman–Crippen LogP) is -76.3. The first-order valence-corrected chi connectivity index (χ1v) is 3.58. The van der Waals surface area contributed by atoms with Crippen LogP contribution < -0.4 is 798 Å². The van der Waals surface area contributed by atoms with Gasteiger partial charge < -0.3 is 38.5 Å². The molecule has 0 bridgehead atoms. The molecule has 0 spiro atoms. The summed E-state index contributed by atoms with van der Waals surface area (Å²) in [6, 6.07) is 0. The predicted molar refractivity (Wildman–Crippen MR) is 88.4 cm³/mol. The van der Waals surface area contributed by atoms with Gasteiger partial charge in [-0.3, -0.25) is 0 Å². The van der Waals surface area contributed by atoms with Crippen molar-refractivity contribution < 1.29 is 837 Å². The van der Waals surface area contributed by atoms with Crippen LogP contribution in [0.1, 0.15) is 38.5 Å². The molecule has 0 rings (SSSR count). The quantitative estimate of drug-likeness (QED) is 0.111. The van der Waals surface area contributed by atoms with E-state index in [0.717, 1.165) is 0 Å². The molecule has 0 aromatic rings. The molecule has 39 heavy (non-hydrogen) atoms. The third-order valence-corrected chi connectivity index (χ3v) is 0. The van der Waals surface area contributed by atoms with E-state index in [4.69, 9.17) is 21.0 Å². The number of hydrogen-bond acceptors (Lipinski definition) is 8. The summed E-state index contributed by atoms with van der Waals surface area (Å²) in [6.07, 6.45) is 0. The third-order valence-electron chi connectivity index (χ3n) is 0. The Hall–Kier alpha value is 26.4. The summed E-state index contributed by atoms with van der Waals surface area (Å²) in [5.74, 6) is 0. The van der Waals surface area contributed by atoms with Gasteiger partial charge in [-0.25, -0.2) is 0 Å². The molecule has 0 heterocycles. The fraction of sp³-hybridized carbons (Fsp3) is 0. The smallest absolute Gasteiger partial charge is 1.00 e. The molecule has 0 aliphatic rings. The van der Waals surface area contributed by atoms with Crippen LogP contribution in [-0.2, 0) is 0 Å². The van der Waals surface area contributed by atoms with Gasteiger partial charge in [0.2, 0.25) is 0 Å². The van der Waals surface area contributed by atoms with Crippen molar-refractivity contribution >= 4 is 50.5 Å². The monoisotopic (exact) mass is 884 g/mol. The van der Waals surface area contributed by atoms with Crippen LogP contribution in [0.5, 0.6) is 0 Å². The first-order valence-electron chi connectivity index (χ1n) is 1.79. The Bertz CT molecular complexity index is 252. The maximum atomic E-state index is 7.18. The minimum atomic E-state index is 0. The van der Waals surface area contributed by atoms with Gasteiger partial charge in [-0.1, -0.05) is 50.5 Å². The van der Waals surface area contributed by atoms with Crippen LogP contribution in [0.15, 0.2) is 0 Å². The Morgan fingerprint density at radius 3 is 0.205 bits per heavy atom. The zero-order valence-electron chi connectivity index (χ0n) is 59.6. The van der Waals surface area contributed by atoms with E-state index in [1.807, 2.05) is 0 Å². The second-order valence-corrected chi connectivity index (χ2v) is 1.20. The van der Waals surface area contributed by atoms with E-state index < -0.39 is 0 Å². The molecule has 0 aliphatic heterocycles. The van der Waals surface area contributed by atoms with E-state index in [9.17, 15) is 0 Å². The van der Waals surface area contributed by atoms with Crippen molar-refractivity contribution in [3.8, 4) is 21.6 Å². The molecule has 0 saturated heterocycles. The standard InChI is InChI=1S/4CHNS.27Na.27H/c4*2-1-3;;;;;;;;;;;;;;;;;;;;;;;;;;;;;;;;;;;;;;;;;;;;;;;;;;;;;;/h4*3H;;;;;;;;;;;;;;;;;;;;;;;;;;;;;;;;;;;;;;;;;;;;;;;;;;;;;;/q;;;;27*+1;27*-1. The average Bonchev–Trinajstić information content (AvgIpc) is 1.92. The molecular formula is C4H31N4Na27S4. The summed E-state index contributed by atoms with van der Waals surface area (Å²) in [4.78, 5) is 0. The second-order valence-electron chi connectivity index (χ2n) is 0.400. The number of hydrogen-bond donors (Lipinski definition) is 4. The van der Waals surface area contributed by atoms with Gasteiger partial charge in [0.15, 0.2) is 0 Å². The summed E-state index contributed by atoms with van der Waals surface area (Å²) in [7, 11) is 0. The zero-order valence-corrected chi connectivity index (χ0v) is 90.2. The molecule has 118 valence electrons. The fourth-order valence-electron chi connectivity index (χ4n) is 0. The maximum Gasteiger partial charge on any atom is 1.00 e. The van der Waals surface area contributed by atoms with Crippen molar-refractivity contribution in [2.75, 3.05) is 0 Å². The first kappa shape index (κ1) is 229. The second kappa shape index (κ2) is 280. The number of nitrogens with zero attached hydrogens (tertiary/aromatic N) is 4. The van der Waals surface area contributed by atoms with Gasteiger partial charge in [0.1, 0.15) is 21.6 Å². The molecule has 0 aromatic heterocycles. The summed E-state index contributed by atoms with van der Waals surface area (Å²) in [5.41, 5.74) is 0. The van der Waals surface area contributed by atoms with Crippen LogP contribution in [0, 0.1) is 42.7 Å². The van der Waals surface area contributed by atoms with E-state index in [1.54, 1.807) is 0 Å². The summed E-state index contributed by atoms with van der Waals surface area (Å²) < 4.78 is 0. The van der Waals surface area contributed by atoms with Gasteiger partial charge in [0, 0.05) is 0 Å². The van der Waals surface area contributed by atoms with Crippen LogP contribution in [-0.4, -0.2) is 0 Å². The van der Waals surface area contributed by atoms with Crippen LogP contribution in [0.3, 0.4) is 0 Å². The Labute approximate surface area is 900 Å². The average molecular weight is 884 g/mol. The molecule has 0 amide bonds.